The van der Waals surface area contributed by atoms with E-state index >= 15 is 0 Å². The van der Waals surface area contributed by atoms with E-state index in [-0.39, 0.29) is 17.9 Å². The van der Waals surface area contributed by atoms with Gasteiger partial charge in [0.15, 0.2) is 0 Å². The number of alkyl halides is 3. The summed E-state index contributed by atoms with van der Waals surface area (Å²) < 4.78 is 44.3. The number of pyridine rings is 1. The molecule has 1 aliphatic rings. The Morgan fingerprint density at radius 3 is 2.58 bits per heavy atom. The first-order chi connectivity index (χ1) is 15.9. The van der Waals surface area contributed by atoms with Crippen molar-refractivity contribution in [3.63, 3.8) is 0 Å². The summed E-state index contributed by atoms with van der Waals surface area (Å²) in [4.78, 5) is 19.6. The number of H-pyrrole nitrogens is 1. The lowest BCUT2D eigenvalue weighted by molar-refractivity contribution is -0.137. The molecule has 1 fully saturated rings. The third kappa shape index (κ3) is 4.41. The number of ether oxygens (including phenoxy) is 1. The van der Waals surface area contributed by atoms with Gasteiger partial charge in [-0.05, 0) is 66.8 Å². The lowest BCUT2D eigenvalue weighted by atomic mass is 9.77. The second-order valence-corrected chi connectivity index (χ2v) is 8.13. The molecule has 168 valence electrons. The first-order valence-electron chi connectivity index (χ1n) is 10.5. The number of carbonyl (C=O) groups excluding carboxylic acids is 1. The van der Waals surface area contributed by atoms with Gasteiger partial charge in [-0.25, -0.2) is 0 Å². The van der Waals surface area contributed by atoms with Crippen molar-refractivity contribution < 1.29 is 22.7 Å². The third-order valence-corrected chi connectivity index (χ3v) is 5.93. The SMILES string of the molecule is O=C(Nc1c[nH]c2ccc(O[C@H]3C[C@@H](c4ccc(C(F)(F)F)cc4)C3)cc12)c1cccnc1. The van der Waals surface area contributed by atoms with Crippen molar-refractivity contribution in [1.29, 1.82) is 0 Å². The molecule has 0 saturated heterocycles. The summed E-state index contributed by atoms with van der Waals surface area (Å²) in [6.07, 6.45) is 1.98. The Morgan fingerprint density at radius 1 is 1.09 bits per heavy atom. The molecule has 0 unspecified atom stereocenters. The number of benzene rings is 2. The molecule has 33 heavy (non-hydrogen) atoms. The number of anilines is 1. The van der Waals surface area contributed by atoms with Crippen LogP contribution in [0.5, 0.6) is 5.75 Å². The summed E-state index contributed by atoms with van der Waals surface area (Å²) in [5, 5.41) is 3.71. The van der Waals surface area contributed by atoms with Crippen LogP contribution in [0.3, 0.4) is 0 Å². The molecule has 1 aliphatic carbocycles. The van der Waals surface area contributed by atoms with Crippen LogP contribution in [-0.4, -0.2) is 22.0 Å². The molecule has 5 nitrogen and oxygen atoms in total. The van der Waals surface area contributed by atoms with E-state index in [1.54, 1.807) is 36.7 Å². The highest BCUT2D eigenvalue weighted by Crippen LogP contribution is 2.41. The standard InChI is InChI=1S/C25H20F3N3O2/c26-25(27,28)18-5-3-15(4-6-18)17-10-20(11-17)33-19-7-8-22-21(12-19)23(14-30-22)31-24(32)16-2-1-9-29-13-16/h1-9,12-14,17,20,30H,10-11H2,(H,31,32)/t17-,20+. The predicted octanol–water partition coefficient (Wildman–Crippen LogP) is 6.16. The van der Waals surface area contributed by atoms with Crippen molar-refractivity contribution in [2.45, 2.75) is 31.0 Å². The normalized spacial score (nSPS) is 18.0. The second kappa shape index (κ2) is 8.27. The van der Waals surface area contributed by atoms with E-state index in [4.69, 9.17) is 4.74 Å². The van der Waals surface area contributed by atoms with Gasteiger partial charge in [0.25, 0.3) is 5.91 Å². The second-order valence-electron chi connectivity index (χ2n) is 8.13. The fraction of sp³-hybridized carbons (Fsp3) is 0.200. The molecule has 0 spiro atoms. The molecule has 1 saturated carbocycles. The van der Waals surface area contributed by atoms with Gasteiger partial charge in [0.2, 0.25) is 0 Å². The fourth-order valence-corrected chi connectivity index (χ4v) is 4.04. The van der Waals surface area contributed by atoms with E-state index in [0.29, 0.717) is 17.0 Å². The monoisotopic (exact) mass is 451 g/mol. The van der Waals surface area contributed by atoms with Gasteiger partial charge in [0, 0.05) is 29.5 Å². The van der Waals surface area contributed by atoms with Crippen LogP contribution in [0.25, 0.3) is 10.9 Å². The van der Waals surface area contributed by atoms with Crippen LogP contribution in [0.2, 0.25) is 0 Å². The minimum Gasteiger partial charge on any atom is -0.490 e. The van der Waals surface area contributed by atoms with E-state index in [9.17, 15) is 18.0 Å². The summed E-state index contributed by atoms with van der Waals surface area (Å²) in [6, 6.07) is 14.4. The van der Waals surface area contributed by atoms with Gasteiger partial charge in [0.05, 0.1) is 22.9 Å². The van der Waals surface area contributed by atoms with Gasteiger partial charge in [0.1, 0.15) is 5.75 Å². The number of aromatic nitrogens is 2. The molecule has 0 aliphatic heterocycles. The number of carbonyl (C=O) groups is 1. The highest BCUT2D eigenvalue weighted by Gasteiger charge is 2.34. The summed E-state index contributed by atoms with van der Waals surface area (Å²) in [7, 11) is 0. The first-order valence-corrected chi connectivity index (χ1v) is 10.5. The molecule has 8 heteroatoms. The number of amides is 1. The molecule has 2 N–H and O–H groups in total. The van der Waals surface area contributed by atoms with Crippen LogP contribution in [0, 0.1) is 0 Å². The number of hydrogen-bond donors (Lipinski definition) is 2. The summed E-state index contributed by atoms with van der Waals surface area (Å²) in [5.74, 6) is 0.603. The van der Waals surface area contributed by atoms with E-state index in [2.05, 4.69) is 15.3 Å². The van der Waals surface area contributed by atoms with Gasteiger partial charge < -0.3 is 15.0 Å². The van der Waals surface area contributed by atoms with Crippen LogP contribution in [0.15, 0.2) is 73.2 Å². The summed E-state index contributed by atoms with van der Waals surface area (Å²) in [5.41, 5.74) is 2.22. The van der Waals surface area contributed by atoms with Crippen LogP contribution in [0.4, 0.5) is 18.9 Å². The topological polar surface area (TPSA) is 67.0 Å². The molecule has 0 atom stereocenters. The van der Waals surface area contributed by atoms with Crippen molar-refractivity contribution >= 4 is 22.5 Å². The van der Waals surface area contributed by atoms with Crippen molar-refractivity contribution in [2.75, 3.05) is 5.32 Å². The van der Waals surface area contributed by atoms with Crippen LogP contribution in [-0.2, 0) is 6.18 Å². The number of hydrogen-bond acceptors (Lipinski definition) is 3. The minimum atomic E-state index is -4.32. The summed E-state index contributed by atoms with van der Waals surface area (Å²) >= 11 is 0. The average Bonchev–Trinajstić information content (AvgIpc) is 3.18. The number of nitrogens with one attached hydrogen (secondary N) is 2. The zero-order valence-corrected chi connectivity index (χ0v) is 17.4. The largest absolute Gasteiger partial charge is 0.490 e. The van der Waals surface area contributed by atoms with E-state index in [1.165, 1.54) is 6.20 Å². The van der Waals surface area contributed by atoms with Crippen LogP contribution >= 0.6 is 0 Å². The maximum absolute atomic E-state index is 12.7. The Kier molecular flexibility index (Phi) is 5.28. The number of halogens is 3. The fourth-order valence-electron chi connectivity index (χ4n) is 4.04. The van der Waals surface area contributed by atoms with E-state index < -0.39 is 11.7 Å². The molecule has 2 aromatic heterocycles. The highest BCUT2D eigenvalue weighted by atomic mass is 19.4. The predicted molar refractivity (Wildman–Crippen MR) is 118 cm³/mol. The summed E-state index contributed by atoms with van der Waals surface area (Å²) in [6.45, 7) is 0. The van der Waals surface area contributed by atoms with Crippen LogP contribution in [0.1, 0.15) is 40.2 Å². The highest BCUT2D eigenvalue weighted by molar-refractivity contribution is 6.09. The maximum atomic E-state index is 12.7. The Balaban J connectivity index is 1.23. The first kappa shape index (κ1) is 21.1. The van der Waals surface area contributed by atoms with E-state index in [1.807, 2.05) is 18.2 Å². The number of nitrogens with zero attached hydrogens (tertiary/aromatic N) is 1. The van der Waals surface area contributed by atoms with Gasteiger partial charge in [-0.1, -0.05) is 12.1 Å². The molecular weight excluding hydrogens is 431 g/mol. The molecule has 1 amide bonds. The minimum absolute atomic E-state index is 0.0119. The maximum Gasteiger partial charge on any atom is 0.416 e. The Morgan fingerprint density at radius 2 is 1.88 bits per heavy atom. The van der Waals surface area contributed by atoms with Gasteiger partial charge in [-0.3, -0.25) is 9.78 Å². The van der Waals surface area contributed by atoms with E-state index in [0.717, 1.165) is 41.4 Å². The quantitative estimate of drug-likeness (QED) is 0.382. The number of fused-ring (bicyclic) bond motifs is 1. The molecule has 2 aromatic carbocycles. The molecule has 5 rings (SSSR count). The average molecular weight is 451 g/mol. The van der Waals surface area contributed by atoms with Crippen LogP contribution < -0.4 is 10.1 Å². The molecular formula is C25H20F3N3O2. The Hall–Kier alpha value is -3.81. The number of rotatable bonds is 5. The molecule has 0 radical (unpaired) electrons. The van der Waals surface area contributed by atoms with Crippen molar-refractivity contribution in [3.8, 4) is 5.75 Å². The zero-order chi connectivity index (χ0) is 23.0. The Labute approximate surface area is 187 Å². The smallest absolute Gasteiger partial charge is 0.416 e. The van der Waals surface area contributed by atoms with Crippen molar-refractivity contribution in [1.82, 2.24) is 9.97 Å². The lowest BCUT2D eigenvalue weighted by Gasteiger charge is -2.35. The number of aromatic amines is 1. The van der Waals surface area contributed by atoms with Crippen molar-refractivity contribution in [2.24, 2.45) is 0 Å². The van der Waals surface area contributed by atoms with Gasteiger partial charge in [-0.15, -0.1) is 0 Å². The third-order valence-electron chi connectivity index (χ3n) is 5.93. The zero-order valence-electron chi connectivity index (χ0n) is 17.4. The lowest BCUT2D eigenvalue weighted by Crippen LogP contribution is -2.32. The van der Waals surface area contributed by atoms with Gasteiger partial charge in [-0.2, -0.15) is 13.2 Å². The molecule has 0 bridgehead atoms. The van der Waals surface area contributed by atoms with Gasteiger partial charge >= 0.3 is 6.18 Å². The molecule has 4 aromatic rings. The Bertz CT molecular complexity index is 1280. The molecule has 2 heterocycles. The van der Waals surface area contributed by atoms with Crippen molar-refractivity contribution in [3.05, 3.63) is 89.9 Å².